The zero-order valence-corrected chi connectivity index (χ0v) is 8.23. The molecule has 0 bridgehead atoms. The summed E-state index contributed by atoms with van der Waals surface area (Å²) in [6.07, 6.45) is 6.52. The lowest BCUT2D eigenvalue weighted by atomic mass is 9.78. The fraction of sp³-hybridized carbons (Fsp3) is 0.900. The van der Waals surface area contributed by atoms with Gasteiger partial charge in [0.15, 0.2) is 0 Å². The van der Waals surface area contributed by atoms with Crippen LogP contribution in [0.25, 0.3) is 0 Å². The molecule has 1 aliphatic carbocycles. The van der Waals surface area contributed by atoms with Crippen LogP contribution in [0.2, 0.25) is 0 Å². The van der Waals surface area contributed by atoms with Crippen molar-refractivity contribution < 1.29 is 6.22 Å². The Kier molecular flexibility index (Phi) is 2.28. The van der Waals surface area contributed by atoms with E-state index in [1.54, 1.807) is 0 Å². The van der Waals surface area contributed by atoms with Crippen LogP contribution >= 0.6 is 0 Å². The molecule has 3 nitrogen and oxygen atoms in total. The van der Waals surface area contributed by atoms with E-state index in [0.29, 0.717) is 6.04 Å². The van der Waals surface area contributed by atoms with Gasteiger partial charge >= 0.3 is 0 Å². The first kappa shape index (κ1) is 9.00. The molecule has 2 N–H and O–H groups in total. The predicted octanol–water partition coefficient (Wildman–Crippen LogP) is 1.04. The SMILES string of the molecule is CNC1CCC2(CCC(=O)N2)CC1.[HH]. The van der Waals surface area contributed by atoms with E-state index >= 15 is 0 Å². The Morgan fingerprint density at radius 1 is 1.46 bits per heavy atom. The van der Waals surface area contributed by atoms with Gasteiger partial charge in [-0.25, -0.2) is 0 Å². The Labute approximate surface area is 80.8 Å². The van der Waals surface area contributed by atoms with E-state index in [4.69, 9.17) is 0 Å². The van der Waals surface area contributed by atoms with Crippen molar-refractivity contribution >= 4 is 5.91 Å². The largest absolute Gasteiger partial charge is 0.351 e. The summed E-state index contributed by atoms with van der Waals surface area (Å²) >= 11 is 0. The minimum atomic E-state index is 0. The van der Waals surface area contributed by atoms with Gasteiger partial charge in [-0.15, -0.1) is 0 Å². The molecule has 13 heavy (non-hydrogen) atoms. The maximum atomic E-state index is 11.1. The van der Waals surface area contributed by atoms with Gasteiger partial charge in [0.25, 0.3) is 0 Å². The van der Waals surface area contributed by atoms with E-state index in [0.717, 1.165) is 25.7 Å². The third kappa shape index (κ3) is 1.70. The summed E-state index contributed by atoms with van der Waals surface area (Å²) in [6.45, 7) is 0. The molecule has 1 heterocycles. The normalized spacial score (nSPS) is 39.5. The first-order chi connectivity index (χ1) is 6.24. The highest BCUT2D eigenvalue weighted by atomic mass is 16.2. The second-order valence-corrected chi connectivity index (χ2v) is 4.39. The molecule has 0 aromatic heterocycles. The van der Waals surface area contributed by atoms with Gasteiger partial charge in [-0.05, 0) is 39.2 Å². The van der Waals surface area contributed by atoms with Crippen LogP contribution in [0.1, 0.15) is 40.0 Å². The van der Waals surface area contributed by atoms with Gasteiger partial charge in [0.1, 0.15) is 0 Å². The molecule has 1 aliphatic heterocycles. The standard InChI is InChI=1S/C10H18N2O.H2/c1-11-8-2-5-10(6-3-8)7-4-9(13)12-10;/h8,11H,2-7H2,1H3,(H,12,13);1H. The molecule has 0 unspecified atom stereocenters. The number of rotatable bonds is 1. The minimum absolute atomic E-state index is 0. The molecule has 1 saturated carbocycles. The summed E-state index contributed by atoms with van der Waals surface area (Å²) < 4.78 is 0. The second kappa shape index (κ2) is 3.29. The van der Waals surface area contributed by atoms with Crippen LogP contribution in [0.15, 0.2) is 0 Å². The molecule has 2 fully saturated rings. The number of hydrogen-bond donors (Lipinski definition) is 2. The zero-order valence-electron chi connectivity index (χ0n) is 8.23. The first-order valence-corrected chi connectivity index (χ1v) is 5.22. The molecule has 1 saturated heterocycles. The molecular weight excluding hydrogens is 164 g/mol. The van der Waals surface area contributed by atoms with Gasteiger partial charge in [0.05, 0.1) is 0 Å². The van der Waals surface area contributed by atoms with Crippen LogP contribution in [0, 0.1) is 0 Å². The van der Waals surface area contributed by atoms with Gasteiger partial charge in [0, 0.05) is 19.4 Å². The summed E-state index contributed by atoms with van der Waals surface area (Å²) in [4.78, 5) is 11.1. The molecule has 76 valence electrons. The van der Waals surface area contributed by atoms with Crippen molar-refractivity contribution in [3.8, 4) is 0 Å². The predicted molar refractivity (Wildman–Crippen MR) is 53.5 cm³/mol. The summed E-state index contributed by atoms with van der Waals surface area (Å²) in [5.74, 6) is 0.253. The molecule has 3 heteroatoms. The third-order valence-electron chi connectivity index (χ3n) is 3.59. The molecule has 0 aromatic carbocycles. The highest BCUT2D eigenvalue weighted by Gasteiger charge is 2.40. The van der Waals surface area contributed by atoms with Gasteiger partial charge in [0.2, 0.25) is 5.91 Å². The van der Waals surface area contributed by atoms with E-state index in [1.165, 1.54) is 12.8 Å². The van der Waals surface area contributed by atoms with E-state index in [2.05, 4.69) is 10.6 Å². The second-order valence-electron chi connectivity index (χ2n) is 4.39. The van der Waals surface area contributed by atoms with E-state index in [1.807, 2.05) is 7.05 Å². The highest BCUT2D eigenvalue weighted by Crippen LogP contribution is 2.35. The first-order valence-electron chi connectivity index (χ1n) is 5.22. The van der Waals surface area contributed by atoms with Crippen LogP contribution in [-0.2, 0) is 4.79 Å². The van der Waals surface area contributed by atoms with Crippen molar-refractivity contribution in [1.82, 2.24) is 10.6 Å². The molecule has 1 amide bonds. The summed E-state index contributed by atoms with van der Waals surface area (Å²) in [6, 6.07) is 0.670. The van der Waals surface area contributed by atoms with E-state index in [-0.39, 0.29) is 12.9 Å². The van der Waals surface area contributed by atoms with Crippen molar-refractivity contribution in [2.75, 3.05) is 7.05 Å². The van der Waals surface area contributed by atoms with Gasteiger partial charge in [-0.2, -0.15) is 0 Å². The molecule has 0 radical (unpaired) electrons. The quantitative estimate of drug-likeness (QED) is 0.639. The smallest absolute Gasteiger partial charge is 0.220 e. The van der Waals surface area contributed by atoms with Crippen LogP contribution in [0.4, 0.5) is 0 Å². The third-order valence-corrected chi connectivity index (χ3v) is 3.59. The Balaban J connectivity index is 0.000000980. The average Bonchev–Trinajstić information content (AvgIpc) is 2.49. The lowest BCUT2D eigenvalue weighted by Gasteiger charge is -2.36. The number of amides is 1. The summed E-state index contributed by atoms with van der Waals surface area (Å²) in [5.41, 5.74) is 0.185. The van der Waals surface area contributed by atoms with Crippen molar-refractivity contribution in [2.45, 2.75) is 50.1 Å². The lowest BCUT2D eigenvalue weighted by molar-refractivity contribution is -0.120. The Hall–Kier alpha value is -0.570. The van der Waals surface area contributed by atoms with Gasteiger partial charge in [-0.1, -0.05) is 0 Å². The van der Waals surface area contributed by atoms with E-state index < -0.39 is 0 Å². The minimum Gasteiger partial charge on any atom is -0.351 e. The van der Waals surface area contributed by atoms with Crippen LogP contribution < -0.4 is 10.6 Å². The molecular formula is C10H20N2O. The van der Waals surface area contributed by atoms with Gasteiger partial charge in [-0.3, -0.25) is 4.79 Å². The maximum Gasteiger partial charge on any atom is 0.220 e. The van der Waals surface area contributed by atoms with Gasteiger partial charge < -0.3 is 10.6 Å². The van der Waals surface area contributed by atoms with E-state index in [9.17, 15) is 4.79 Å². The highest BCUT2D eigenvalue weighted by molar-refractivity contribution is 5.79. The summed E-state index contributed by atoms with van der Waals surface area (Å²) in [5, 5.41) is 6.46. The molecule has 2 aliphatic rings. The fourth-order valence-electron chi connectivity index (χ4n) is 2.61. The number of carbonyl (C=O) groups is 1. The topological polar surface area (TPSA) is 41.1 Å². The molecule has 2 rings (SSSR count). The van der Waals surface area contributed by atoms with Crippen molar-refractivity contribution in [3.63, 3.8) is 0 Å². The average molecular weight is 184 g/mol. The Bertz CT molecular complexity index is 212. The molecule has 1 spiro atoms. The number of hydrogen-bond acceptors (Lipinski definition) is 2. The number of nitrogens with one attached hydrogen (secondary N) is 2. The van der Waals surface area contributed by atoms with Crippen molar-refractivity contribution in [2.24, 2.45) is 0 Å². The van der Waals surface area contributed by atoms with Crippen LogP contribution in [0.3, 0.4) is 0 Å². The monoisotopic (exact) mass is 184 g/mol. The molecule has 0 aromatic rings. The Morgan fingerprint density at radius 2 is 2.15 bits per heavy atom. The van der Waals surface area contributed by atoms with Crippen LogP contribution in [-0.4, -0.2) is 24.5 Å². The zero-order chi connectivity index (χ0) is 9.31. The van der Waals surface area contributed by atoms with Crippen molar-refractivity contribution in [1.29, 1.82) is 0 Å². The lowest BCUT2D eigenvalue weighted by Crippen LogP contribution is -2.47. The van der Waals surface area contributed by atoms with Crippen molar-refractivity contribution in [3.05, 3.63) is 0 Å². The summed E-state index contributed by atoms with van der Waals surface area (Å²) in [7, 11) is 2.02. The molecule has 0 atom stereocenters. The maximum absolute atomic E-state index is 11.1. The van der Waals surface area contributed by atoms with Crippen LogP contribution in [0.5, 0.6) is 0 Å². The fourth-order valence-corrected chi connectivity index (χ4v) is 2.61. The number of carbonyl (C=O) groups excluding carboxylic acids is 1. The Morgan fingerprint density at radius 3 is 2.62 bits per heavy atom.